The van der Waals surface area contributed by atoms with Gasteiger partial charge in [-0.3, -0.25) is 4.79 Å². The highest BCUT2D eigenvalue weighted by Gasteiger charge is 2.37. The lowest BCUT2D eigenvalue weighted by Gasteiger charge is -2.16. The number of hydrogen-bond donors (Lipinski definition) is 1. The highest BCUT2D eigenvalue weighted by atomic mass is 32.1. The van der Waals surface area contributed by atoms with E-state index in [-0.39, 0.29) is 27.0 Å². The monoisotopic (exact) mass is 332 g/mol. The molecule has 1 atom stereocenters. The van der Waals surface area contributed by atoms with Crippen molar-refractivity contribution in [1.82, 2.24) is 9.97 Å². The Balaban J connectivity index is 2.42. The largest absolute Gasteiger partial charge is 0.481 e. The van der Waals surface area contributed by atoms with E-state index in [0.717, 1.165) is 11.3 Å². The van der Waals surface area contributed by atoms with Crippen LogP contribution in [0.3, 0.4) is 0 Å². The van der Waals surface area contributed by atoms with E-state index < -0.39 is 24.2 Å². The number of halogens is 2. The van der Waals surface area contributed by atoms with Gasteiger partial charge < -0.3 is 14.6 Å². The van der Waals surface area contributed by atoms with Crippen LogP contribution < -0.4 is 9.47 Å². The molecule has 2 rings (SSSR count). The fraction of sp³-hybridized carbons (Fsp3) is 0.462. The molecular weight excluding hydrogens is 318 g/mol. The molecule has 2 heterocycles. The van der Waals surface area contributed by atoms with Gasteiger partial charge in [0, 0.05) is 6.42 Å². The molecule has 6 nitrogen and oxygen atoms in total. The van der Waals surface area contributed by atoms with Crippen molar-refractivity contribution in [3.63, 3.8) is 0 Å². The molecule has 1 N–H and O–H groups in total. The molecule has 0 aromatic carbocycles. The number of thiophene rings is 1. The van der Waals surface area contributed by atoms with Gasteiger partial charge in [0.1, 0.15) is 10.3 Å². The van der Waals surface area contributed by atoms with Crippen molar-refractivity contribution in [3.8, 4) is 11.8 Å². The Morgan fingerprint density at radius 3 is 2.50 bits per heavy atom. The number of methoxy groups -OCH3 is 2. The topological polar surface area (TPSA) is 81.5 Å². The molecule has 0 unspecified atom stereocenters. The first-order chi connectivity index (χ1) is 10.3. The van der Waals surface area contributed by atoms with Crippen LogP contribution in [0.2, 0.25) is 0 Å². The molecule has 120 valence electrons. The van der Waals surface area contributed by atoms with Crippen molar-refractivity contribution < 1.29 is 28.2 Å². The Bertz CT molecular complexity index is 664. The van der Waals surface area contributed by atoms with E-state index in [1.165, 1.54) is 27.2 Å². The van der Waals surface area contributed by atoms with Crippen molar-refractivity contribution in [2.45, 2.75) is 19.3 Å². The SMILES string of the molecule is COc1nc2cc(C(F)(F)C[C@H](C)C(=O)O)sc2nc1OC. The van der Waals surface area contributed by atoms with E-state index in [1.807, 2.05) is 0 Å². The van der Waals surface area contributed by atoms with E-state index >= 15 is 0 Å². The van der Waals surface area contributed by atoms with Gasteiger partial charge in [0.05, 0.1) is 25.0 Å². The van der Waals surface area contributed by atoms with Gasteiger partial charge >= 0.3 is 5.97 Å². The zero-order valence-corrected chi connectivity index (χ0v) is 12.9. The number of ether oxygens (including phenoxy) is 2. The highest BCUT2D eigenvalue weighted by Crippen LogP contribution is 2.41. The average molecular weight is 332 g/mol. The first kappa shape index (κ1) is 16.3. The third-order valence-corrected chi connectivity index (χ3v) is 4.16. The number of carboxylic acids is 1. The second kappa shape index (κ2) is 5.99. The van der Waals surface area contributed by atoms with Gasteiger partial charge in [-0.25, -0.2) is 13.8 Å². The molecule has 22 heavy (non-hydrogen) atoms. The summed E-state index contributed by atoms with van der Waals surface area (Å²) in [6.45, 7) is 1.24. The van der Waals surface area contributed by atoms with Crippen LogP contribution in [0, 0.1) is 5.92 Å². The third-order valence-electron chi connectivity index (χ3n) is 3.03. The molecule has 0 aliphatic carbocycles. The van der Waals surface area contributed by atoms with Gasteiger partial charge in [0.2, 0.25) is 0 Å². The minimum Gasteiger partial charge on any atom is -0.481 e. The summed E-state index contributed by atoms with van der Waals surface area (Å²) < 4.78 is 38.4. The van der Waals surface area contributed by atoms with Gasteiger partial charge in [-0.05, 0) is 6.07 Å². The van der Waals surface area contributed by atoms with Crippen LogP contribution in [0.25, 0.3) is 10.3 Å². The molecule has 0 aliphatic heterocycles. The molecule has 0 saturated carbocycles. The summed E-state index contributed by atoms with van der Waals surface area (Å²) in [4.78, 5) is 18.9. The molecule has 0 fully saturated rings. The summed E-state index contributed by atoms with van der Waals surface area (Å²) in [5, 5.41) is 8.78. The first-order valence-corrected chi connectivity index (χ1v) is 7.10. The zero-order valence-electron chi connectivity index (χ0n) is 12.1. The fourth-order valence-electron chi connectivity index (χ4n) is 1.85. The van der Waals surface area contributed by atoms with Crippen molar-refractivity contribution in [2.75, 3.05) is 14.2 Å². The minimum atomic E-state index is -3.27. The predicted octanol–water partition coefficient (Wildman–Crippen LogP) is 2.91. The van der Waals surface area contributed by atoms with E-state index in [0.29, 0.717) is 0 Å². The summed E-state index contributed by atoms with van der Waals surface area (Å²) in [5.74, 6) is -5.50. The van der Waals surface area contributed by atoms with Crippen LogP contribution in [0.4, 0.5) is 8.78 Å². The molecule has 0 spiro atoms. The maximum absolute atomic E-state index is 14.2. The normalized spacial score (nSPS) is 13.1. The second-order valence-corrected chi connectivity index (χ2v) is 5.72. The van der Waals surface area contributed by atoms with Crippen LogP contribution in [0.15, 0.2) is 6.07 Å². The number of aliphatic carboxylic acids is 1. The average Bonchev–Trinajstić information content (AvgIpc) is 2.88. The summed E-state index contributed by atoms with van der Waals surface area (Å²) in [6.07, 6.45) is -0.788. The number of nitrogens with zero attached hydrogens (tertiary/aromatic N) is 2. The lowest BCUT2D eigenvalue weighted by atomic mass is 10.0. The molecule has 0 aliphatic rings. The molecule has 0 radical (unpaired) electrons. The third kappa shape index (κ3) is 3.08. The van der Waals surface area contributed by atoms with Crippen molar-refractivity contribution in [3.05, 3.63) is 10.9 Å². The van der Waals surface area contributed by atoms with E-state index in [1.54, 1.807) is 0 Å². The number of fused-ring (bicyclic) bond motifs is 1. The number of rotatable bonds is 6. The van der Waals surface area contributed by atoms with Crippen LogP contribution in [-0.2, 0) is 10.7 Å². The molecule has 2 aromatic heterocycles. The van der Waals surface area contributed by atoms with Crippen LogP contribution >= 0.6 is 11.3 Å². The Hall–Kier alpha value is -2.03. The van der Waals surface area contributed by atoms with Gasteiger partial charge in [-0.1, -0.05) is 6.92 Å². The lowest BCUT2D eigenvalue weighted by molar-refractivity contribution is -0.144. The summed E-state index contributed by atoms with van der Waals surface area (Å²) in [6, 6.07) is 1.20. The Morgan fingerprint density at radius 2 is 1.95 bits per heavy atom. The van der Waals surface area contributed by atoms with Gasteiger partial charge in [0.25, 0.3) is 17.7 Å². The molecule has 2 aromatic rings. The smallest absolute Gasteiger partial charge is 0.306 e. The highest BCUT2D eigenvalue weighted by molar-refractivity contribution is 7.18. The summed E-state index contributed by atoms with van der Waals surface area (Å²) in [7, 11) is 2.74. The van der Waals surface area contributed by atoms with Crippen LogP contribution in [0.5, 0.6) is 11.8 Å². The predicted molar refractivity (Wildman–Crippen MR) is 75.8 cm³/mol. The second-order valence-electron chi connectivity index (χ2n) is 4.69. The van der Waals surface area contributed by atoms with Gasteiger partial charge in [0.15, 0.2) is 0 Å². The number of carbonyl (C=O) groups is 1. The van der Waals surface area contributed by atoms with Crippen molar-refractivity contribution in [1.29, 1.82) is 0 Å². The lowest BCUT2D eigenvalue weighted by Crippen LogP contribution is -2.21. The number of hydrogen-bond acceptors (Lipinski definition) is 6. The van der Waals surface area contributed by atoms with Gasteiger partial charge in [-0.2, -0.15) is 4.98 Å². The van der Waals surface area contributed by atoms with Gasteiger partial charge in [-0.15, -0.1) is 11.3 Å². The van der Waals surface area contributed by atoms with Crippen molar-refractivity contribution >= 4 is 27.7 Å². The van der Waals surface area contributed by atoms with E-state index in [2.05, 4.69) is 9.97 Å². The van der Waals surface area contributed by atoms with Crippen LogP contribution in [0.1, 0.15) is 18.2 Å². The Labute approximate surface area is 128 Å². The number of aromatic nitrogens is 2. The van der Waals surface area contributed by atoms with Crippen molar-refractivity contribution in [2.24, 2.45) is 5.92 Å². The first-order valence-electron chi connectivity index (χ1n) is 6.29. The van der Waals surface area contributed by atoms with E-state index in [9.17, 15) is 13.6 Å². The fourth-order valence-corrected chi connectivity index (χ4v) is 2.80. The Kier molecular flexibility index (Phi) is 4.45. The molecule has 0 saturated heterocycles. The zero-order chi connectivity index (χ0) is 16.5. The molecule has 9 heteroatoms. The maximum Gasteiger partial charge on any atom is 0.306 e. The minimum absolute atomic E-state index is 0.0987. The molecule has 0 amide bonds. The quantitative estimate of drug-likeness (QED) is 0.876. The standard InChI is InChI=1S/C13H14F2N2O4S/c1-6(12(18)19)5-13(14,15)8-4-7-11(22-8)17-10(21-3)9(16-7)20-2/h4,6H,5H2,1-3H3,(H,18,19)/t6-/m0/s1. The Morgan fingerprint density at radius 1 is 1.36 bits per heavy atom. The maximum atomic E-state index is 14.2. The van der Waals surface area contributed by atoms with Crippen LogP contribution in [-0.4, -0.2) is 35.3 Å². The summed E-state index contributed by atoms with van der Waals surface area (Å²) in [5.41, 5.74) is 0.250. The number of carboxylic acid groups (broad SMARTS) is 1. The summed E-state index contributed by atoms with van der Waals surface area (Å²) >= 11 is 0.755. The number of alkyl halides is 2. The van der Waals surface area contributed by atoms with E-state index in [4.69, 9.17) is 14.6 Å². The molecule has 0 bridgehead atoms. The molecular formula is C13H14F2N2O4S.